The van der Waals surface area contributed by atoms with Gasteiger partial charge < -0.3 is 9.64 Å². The van der Waals surface area contributed by atoms with Crippen molar-refractivity contribution in [2.75, 3.05) is 20.7 Å². The molecule has 0 saturated carbocycles. The molecule has 1 rings (SSSR count). The van der Waals surface area contributed by atoms with Crippen molar-refractivity contribution in [2.24, 2.45) is 0 Å². The zero-order valence-corrected chi connectivity index (χ0v) is 7.87. The van der Waals surface area contributed by atoms with Gasteiger partial charge in [-0.1, -0.05) is 12.2 Å². The predicted octanol–water partition coefficient (Wildman–Crippen LogP) is 1.92. The fraction of sp³-hybridized carbons (Fsp3) is 0.400. The molecular formula is C10H15NO. The zero-order chi connectivity index (χ0) is 8.97. The average Bonchev–Trinajstić information content (AvgIpc) is 2.51. The summed E-state index contributed by atoms with van der Waals surface area (Å²) in [5, 5.41) is 0. The van der Waals surface area contributed by atoms with E-state index >= 15 is 0 Å². The topological polar surface area (TPSA) is 12.5 Å². The molecule has 0 bridgehead atoms. The molecule has 0 aliphatic heterocycles. The van der Waals surface area contributed by atoms with E-state index in [-0.39, 0.29) is 0 Å². The quantitative estimate of drug-likeness (QED) is 0.592. The Hall–Kier alpha value is -1.18. The minimum Gasteiger partial charge on any atom is -0.479 e. The predicted molar refractivity (Wildman–Crippen MR) is 50.6 cm³/mol. The average molecular weight is 165 g/mol. The molecule has 1 aliphatic carbocycles. The Bertz CT molecular complexity index is 222. The molecule has 0 heterocycles. The van der Waals surface area contributed by atoms with Crippen LogP contribution >= 0.6 is 0 Å². The van der Waals surface area contributed by atoms with E-state index in [2.05, 4.69) is 0 Å². The highest BCUT2D eigenvalue weighted by Gasteiger charge is 2.06. The minimum absolute atomic E-state index is 0.707. The van der Waals surface area contributed by atoms with Gasteiger partial charge in [0.15, 0.2) is 5.88 Å². The molecule has 0 aromatic heterocycles. The maximum absolute atomic E-state index is 5.49. The van der Waals surface area contributed by atoms with Crippen molar-refractivity contribution < 1.29 is 4.74 Å². The summed E-state index contributed by atoms with van der Waals surface area (Å²) < 4.78 is 5.49. The second-order valence-electron chi connectivity index (χ2n) is 2.81. The Balaban J connectivity index is 2.83. The molecule has 12 heavy (non-hydrogen) atoms. The van der Waals surface area contributed by atoms with Crippen LogP contribution in [-0.2, 0) is 4.74 Å². The standard InChI is InChI=1S/C10H15NO/c1-4-12-10(11(2)3)9-7-5-6-8-9/h5-8H,4H2,1-3H3. The van der Waals surface area contributed by atoms with E-state index in [1.165, 1.54) is 0 Å². The molecule has 2 heteroatoms. The van der Waals surface area contributed by atoms with Gasteiger partial charge in [-0.3, -0.25) is 0 Å². The molecule has 2 nitrogen and oxygen atoms in total. The monoisotopic (exact) mass is 165 g/mol. The van der Waals surface area contributed by atoms with E-state index in [0.29, 0.717) is 6.61 Å². The van der Waals surface area contributed by atoms with E-state index in [4.69, 9.17) is 4.74 Å². The van der Waals surface area contributed by atoms with Crippen LogP contribution in [0.2, 0.25) is 0 Å². The van der Waals surface area contributed by atoms with Crippen LogP contribution in [0.4, 0.5) is 0 Å². The van der Waals surface area contributed by atoms with Gasteiger partial charge in [0, 0.05) is 19.7 Å². The first-order valence-corrected chi connectivity index (χ1v) is 4.15. The normalized spacial score (nSPS) is 13.8. The van der Waals surface area contributed by atoms with Gasteiger partial charge in [-0.2, -0.15) is 0 Å². The van der Waals surface area contributed by atoms with E-state index in [0.717, 1.165) is 11.5 Å². The van der Waals surface area contributed by atoms with Crippen molar-refractivity contribution in [3.05, 3.63) is 35.8 Å². The Labute approximate surface area is 73.8 Å². The Morgan fingerprint density at radius 3 is 2.33 bits per heavy atom. The van der Waals surface area contributed by atoms with Crippen molar-refractivity contribution in [3.8, 4) is 0 Å². The van der Waals surface area contributed by atoms with Crippen molar-refractivity contribution in [1.29, 1.82) is 0 Å². The van der Waals surface area contributed by atoms with Crippen molar-refractivity contribution in [1.82, 2.24) is 4.90 Å². The van der Waals surface area contributed by atoms with Crippen molar-refractivity contribution in [3.63, 3.8) is 0 Å². The van der Waals surface area contributed by atoms with Crippen molar-refractivity contribution >= 4 is 0 Å². The maximum atomic E-state index is 5.49. The van der Waals surface area contributed by atoms with Crippen LogP contribution in [-0.4, -0.2) is 25.6 Å². The first kappa shape index (κ1) is 8.91. The molecule has 0 aromatic rings. The fourth-order valence-electron chi connectivity index (χ4n) is 1.12. The van der Waals surface area contributed by atoms with Gasteiger partial charge >= 0.3 is 0 Å². The lowest BCUT2D eigenvalue weighted by Crippen LogP contribution is -2.15. The summed E-state index contributed by atoms with van der Waals surface area (Å²) in [5.41, 5.74) is 1.14. The van der Waals surface area contributed by atoms with Gasteiger partial charge in [0.05, 0.1) is 6.61 Å². The summed E-state index contributed by atoms with van der Waals surface area (Å²) in [7, 11) is 3.97. The Morgan fingerprint density at radius 2 is 1.92 bits per heavy atom. The van der Waals surface area contributed by atoms with Gasteiger partial charge in [-0.05, 0) is 19.1 Å². The third-order valence-corrected chi connectivity index (χ3v) is 1.60. The molecule has 0 N–H and O–H groups in total. The van der Waals surface area contributed by atoms with Gasteiger partial charge in [0.1, 0.15) is 0 Å². The van der Waals surface area contributed by atoms with Crippen LogP contribution in [0.3, 0.4) is 0 Å². The highest BCUT2D eigenvalue weighted by atomic mass is 16.5. The first-order chi connectivity index (χ1) is 5.75. The second kappa shape index (κ2) is 4.00. The summed E-state index contributed by atoms with van der Waals surface area (Å²) in [5.74, 6) is 0.933. The number of hydrogen-bond acceptors (Lipinski definition) is 2. The third kappa shape index (κ3) is 1.91. The van der Waals surface area contributed by atoms with Gasteiger partial charge in [-0.15, -0.1) is 0 Å². The first-order valence-electron chi connectivity index (χ1n) is 4.15. The van der Waals surface area contributed by atoms with Gasteiger partial charge in [0.25, 0.3) is 0 Å². The summed E-state index contributed by atoms with van der Waals surface area (Å²) in [4.78, 5) is 1.98. The van der Waals surface area contributed by atoms with E-state index in [1.807, 2.05) is 50.2 Å². The number of rotatable bonds is 3. The fourth-order valence-corrected chi connectivity index (χ4v) is 1.12. The third-order valence-electron chi connectivity index (χ3n) is 1.60. The smallest absolute Gasteiger partial charge is 0.196 e. The highest BCUT2D eigenvalue weighted by molar-refractivity contribution is 5.41. The maximum Gasteiger partial charge on any atom is 0.196 e. The lowest BCUT2D eigenvalue weighted by molar-refractivity contribution is 0.150. The molecule has 0 aromatic carbocycles. The minimum atomic E-state index is 0.707. The number of nitrogens with zero attached hydrogens (tertiary/aromatic N) is 1. The molecule has 0 unspecified atom stereocenters. The van der Waals surface area contributed by atoms with E-state index < -0.39 is 0 Å². The van der Waals surface area contributed by atoms with Crippen LogP contribution in [0.5, 0.6) is 0 Å². The summed E-state index contributed by atoms with van der Waals surface area (Å²) in [6.45, 7) is 2.70. The van der Waals surface area contributed by atoms with E-state index in [9.17, 15) is 0 Å². The molecule has 0 radical (unpaired) electrons. The molecule has 0 fully saturated rings. The second-order valence-corrected chi connectivity index (χ2v) is 2.81. The molecule has 0 amide bonds. The molecule has 0 spiro atoms. The van der Waals surface area contributed by atoms with Crippen molar-refractivity contribution in [2.45, 2.75) is 6.92 Å². The molecular weight excluding hydrogens is 150 g/mol. The van der Waals surface area contributed by atoms with Crippen LogP contribution in [0, 0.1) is 0 Å². The van der Waals surface area contributed by atoms with Crippen LogP contribution in [0.15, 0.2) is 35.8 Å². The Kier molecular flexibility index (Phi) is 2.97. The highest BCUT2D eigenvalue weighted by Crippen LogP contribution is 2.15. The van der Waals surface area contributed by atoms with Gasteiger partial charge in [0.2, 0.25) is 0 Å². The zero-order valence-electron chi connectivity index (χ0n) is 7.87. The summed E-state index contributed by atoms with van der Waals surface area (Å²) in [6.07, 6.45) is 8.12. The molecule has 1 aliphatic rings. The molecule has 0 saturated heterocycles. The number of hydrogen-bond donors (Lipinski definition) is 0. The molecule has 0 atom stereocenters. The lowest BCUT2D eigenvalue weighted by atomic mass is 10.3. The lowest BCUT2D eigenvalue weighted by Gasteiger charge is -2.18. The van der Waals surface area contributed by atoms with E-state index in [1.54, 1.807) is 0 Å². The van der Waals surface area contributed by atoms with Crippen LogP contribution in [0.25, 0.3) is 0 Å². The van der Waals surface area contributed by atoms with Gasteiger partial charge in [-0.25, -0.2) is 0 Å². The SMILES string of the molecule is CCOC(=C1C=CC=C1)N(C)C. The number of ether oxygens (including phenoxy) is 1. The number of allylic oxidation sites excluding steroid dienone is 5. The summed E-state index contributed by atoms with van der Waals surface area (Å²) >= 11 is 0. The molecule has 66 valence electrons. The van der Waals surface area contributed by atoms with Crippen LogP contribution < -0.4 is 0 Å². The summed E-state index contributed by atoms with van der Waals surface area (Å²) in [6, 6.07) is 0. The Morgan fingerprint density at radius 1 is 1.33 bits per heavy atom. The van der Waals surface area contributed by atoms with Crippen LogP contribution in [0.1, 0.15) is 6.92 Å². The largest absolute Gasteiger partial charge is 0.479 e.